The van der Waals surface area contributed by atoms with Crippen LogP contribution in [0, 0.1) is 0 Å². The summed E-state index contributed by atoms with van der Waals surface area (Å²) in [4.78, 5) is 28.3. The van der Waals surface area contributed by atoms with Crippen LogP contribution in [0.3, 0.4) is 0 Å². The van der Waals surface area contributed by atoms with Crippen molar-refractivity contribution >= 4 is 17.5 Å². The van der Waals surface area contributed by atoms with Gasteiger partial charge in [0.2, 0.25) is 0 Å². The van der Waals surface area contributed by atoms with E-state index in [-0.39, 0.29) is 23.3 Å². The smallest absolute Gasteiger partial charge is 0.265 e. The molecule has 164 valence electrons. The summed E-state index contributed by atoms with van der Waals surface area (Å²) in [5.74, 6) is -0.168. The summed E-state index contributed by atoms with van der Waals surface area (Å²) in [5, 5.41) is 0. The van der Waals surface area contributed by atoms with E-state index < -0.39 is 0 Å². The van der Waals surface area contributed by atoms with Crippen LogP contribution in [0.1, 0.15) is 47.1 Å². The third-order valence-electron chi connectivity index (χ3n) is 5.30. The van der Waals surface area contributed by atoms with Gasteiger partial charge in [-0.05, 0) is 47.4 Å². The van der Waals surface area contributed by atoms with Crippen LogP contribution in [0.4, 0.5) is 5.69 Å². The monoisotopic (exact) mass is 429 g/mol. The third-order valence-corrected chi connectivity index (χ3v) is 5.30. The van der Waals surface area contributed by atoms with Crippen LogP contribution in [-0.2, 0) is 10.2 Å². The minimum atomic E-state index is -0.387. The fourth-order valence-electron chi connectivity index (χ4n) is 3.33. The molecule has 1 heterocycles. The minimum Gasteiger partial charge on any atom is -0.491 e. The zero-order valence-electron chi connectivity index (χ0n) is 18.6. The molecule has 5 nitrogen and oxygen atoms in total. The first-order valence-electron chi connectivity index (χ1n) is 10.7. The lowest BCUT2D eigenvalue weighted by atomic mass is 9.86. The minimum absolute atomic E-state index is 0.102. The van der Waals surface area contributed by atoms with Crippen LogP contribution in [-0.4, -0.2) is 31.1 Å². The molecule has 0 bridgehead atoms. The molecule has 3 aromatic carbocycles. The van der Waals surface area contributed by atoms with E-state index in [2.05, 4.69) is 20.8 Å². The Balaban J connectivity index is 1.81. The van der Waals surface area contributed by atoms with Gasteiger partial charge in [0.25, 0.3) is 11.8 Å². The van der Waals surface area contributed by atoms with Gasteiger partial charge in [0.05, 0.1) is 12.3 Å². The number of ether oxygens (including phenoxy) is 2. The average molecular weight is 430 g/mol. The van der Waals surface area contributed by atoms with E-state index in [0.29, 0.717) is 35.8 Å². The molecule has 0 spiro atoms. The van der Waals surface area contributed by atoms with Gasteiger partial charge in [-0.25, -0.2) is 4.90 Å². The van der Waals surface area contributed by atoms with Crippen LogP contribution < -0.4 is 9.64 Å². The Bertz CT molecular complexity index is 1050. The maximum atomic E-state index is 13.6. The summed E-state index contributed by atoms with van der Waals surface area (Å²) in [6, 6.07) is 23.3. The molecule has 5 heteroatoms. The number of nitrogens with zero attached hydrogens (tertiary/aromatic N) is 1. The number of amides is 2. The SMILES string of the molecule is CC(C)(C)c1cc(OCC2CO2)cc(N(C(=O)c2ccccc2)C(=O)c2ccccc2)c1. The standard InChI is InChI=1S/C27H27NO4/c1-27(2,3)21-14-22(16-23(15-21)31-17-24-18-32-24)28(25(29)19-10-6-4-7-11-19)26(30)20-12-8-5-9-13-20/h4-16,24H,17-18H2,1-3H3. The first-order valence-corrected chi connectivity index (χ1v) is 10.7. The van der Waals surface area contributed by atoms with E-state index in [4.69, 9.17) is 9.47 Å². The normalized spacial score (nSPS) is 15.2. The highest BCUT2D eigenvalue weighted by Gasteiger charge is 2.29. The molecular formula is C27H27NO4. The fraction of sp³-hybridized carbons (Fsp3) is 0.259. The van der Waals surface area contributed by atoms with Crippen molar-refractivity contribution in [2.75, 3.05) is 18.1 Å². The maximum Gasteiger partial charge on any atom is 0.265 e. The highest BCUT2D eigenvalue weighted by atomic mass is 16.6. The molecule has 1 saturated heterocycles. The Morgan fingerprint density at radius 2 is 1.44 bits per heavy atom. The van der Waals surface area contributed by atoms with E-state index in [0.717, 1.165) is 5.56 Å². The molecule has 1 fully saturated rings. The zero-order chi connectivity index (χ0) is 22.7. The van der Waals surface area contributed by atoms with Gasteiger partial charge in [-0.2, -0.15) is 0 Å². The second-order valence-electron chi connectivity index (χ2n) is 8.91. The largest absolute Gasteiger partial charge is 0.491 e. The quantitative estimate of drug-likeness (QED) is 0.397. The molecule has 1 unspecified atom stereocenters. The third kappa shape index (κ3) is 5.06. The second kappa shape index (κ2) is 8.97. The molecule has 1 aliphatic rings. The summed E-state index contributed by atoms with van der Waals surface area (Å²) in [6.07, 6.45) is 0.102. The number of hydrogen-bond acceptors (Lipinski definition) is 4. The van der Waals surface area contributed by atoms with E-state index in [9.17, 15) is 9.59 Å². The van der Waals surface area contributed by atoms with Gasteiger partial charge in [-0.1, -0.05) is 57.2 Å². The molecule has 1 atom stereocenters. The number of epoxide rings is 1. The first-order chi connectivity index (χ1) is 15.3. The second-order valence-corrected chi connectivity index (χ2v) is 8.91. The average Bonchev–Trinajstić information content (AvgIpc) is 3.63. The van der Waals surface area contributed by atoms with Crippen LogP contribution in [0.15, 0.2) is 78.9 Å². The van der Waals surface area contributed by atoms with Crippen molar-refractivity contribution < 1.29 is 19.1 Å². The van der Waals surface area contributed by atoms with Gasteiger partial charge in [0.1, 0.15) is 18.5 Å². The van der Waals surface area contributed by atoms with Gasteiger partial charge in [-0.3, -0.25) is 9.59 Å². The summed E-state index contributed by atoms with van der Waals surface area (Å²) >= 11 is 0. The predicted molar refractivity (Wildman–Crippen MR) is 124 cm³/mol. The van der Waals surface area contributed by atoms with Gasteiger partial charge in [-0.15, -0.1) is 0 Å². The zero-order valence-corrected chi connectivity index (χ0v) is 18.6. The van der Waals surface area contributed by atoms with Crippen molar-refractivity contribution in [3.63, 3.8) is 0 Å². The lowest BCUT2D eigenvalue weighted by Crippen LogP contribution is -2.37. The lowest BCUT2D eigenvalue weighted by molar-refractivity contribution is 0.0897. The Kier molecular flexibility index (Phi) is 6.10. The number of anilines is 1. The molecular weight excluding hydrogens is 402 g/mol. The first kappa shape index (κ1) is 21.8. The van der Waals surface area contributed by atoms with Gasteiger partial charge >= 0.3 is 0 Å². The Morgan fingerprint density at radius 1 is 0.906 bits per heavy atom. The van der Waals surface area contributed by atoms with E-state index in [1.807, 2.05) is 24.3 Å². The maximum absolute atomic E-state index is 13.6. The summed E-state index contributed by atoms with van der Waals surface area (Å²) in [7, 11) is 0. The molecule has 0 aromatic heterocycles. The summed E-state index contributed by atoms with van der Waals surface area (Å²) in [6.45, 7) is 7.38. The molecule has 4 rings (SSSR count). The van der Waals surface area contributed by atoms with Gasteiger partial charge < -0.3 is 9.47 Å². The highest BCUT2D eigenvalue weighted by molar-refractivity contribution is 6.25. The van der Waals surface area contributed by atoms with E-state index in [1.54, 1.807) is 54.6 Å². The lowest BCUT2D eigenvalue weighted by Gasteiger charge is -2.26. The van der Waals surface area contributed by atoms with Crippen molar-refractivity contribution in [1.29, 1.82) is 0 Å². The van der Waals surface area contributed by atoms with Crippen LogP contribution in [0.25, 0.3) is 0 Å². The Hall–Kier alpha value is -3.44. The Labute approximate surface area is 188 Å². The number of carbonyl (C=O) groups excluding carboxylic acids is 2. The molecule has 0 radical (unpaired) electrons. The Morgan fingerprint density at radius 3 is 1.91 bits per heavy atom. The van der Waals surface area contributed by atoms with Crippen molar-refractivity contribution in [3.8, 4) is 5.75 Å². The molecule has 2 amide bonds. The summed E-state index contributed by atoms with van der Waals surface area (Å²) in [5.41, 5.74) is 2.11. The number of carbonyl (C=O) groups is 2. The number of hydrogen-bond donors (Lipinski definition) is 0. The molecule has 32 heavy (non-hydrogen) atoms. The molecule has 3 aromatic rings. The van der Waals surface area contributed by atoms with E-state index >= 15 is 0 Å². The molecule has 0 N–H and O–H groups in total. The molecule has 0 aliphatic carbocycles. The summed E-state index contributed by atoms with van der Waals surface area (Å²) < 4.78 is 11.2. The number of benzene rings is 3. The number of imide groups is 1. The van der Waals surface area contributed by atoms with Gasteiger partial charge in [0.15, 0.2) is 0 Å². The van der Waals surface area contributed by atoms with Crippen molar-refractivity contribution in [2.24, 2.45) is 0 Å². The fourth-order valence-corrected chi connectivity index (χ4v) is 3.33. The van der Waals surface area contributed by atoms with Crippen LogP contribution in [0.5, 0.6) is 5.75 Å². The van der Waals surface area contributed by atoms with Crippen molar-refractivity contribution in [1.82, 2.24) is 0 Å². The van der Waals surface area contributed by atoms with Crippen LogP contribution >= 0.6 is 0 Å². The molecule has 0 saturated carbocycles. The van der Waals surface area contributed by atoms with Gasteiger partial charge in [0, 0.05) is 17.2 Å². The van der Waals surface area contributed by atoms with Crippen molar-refractivity contribution in [3.05, 3.63) is 95.6 Å². The topological polar surface area (TPSA) is 59.1 Å². The predicted octanol–water partition coefficient (Wildman–Crippen LogP) is 5.25. The highest BCUT2D eigenvalue weighted by Crippen LogP contribution is 2.33. The van der Waals surface area contributed by atoms with E-state index in [1.165, 1.54) is 4.90 Å². The number of rotatable bonds is 6. The van der Waals surface area contributed by atoms with Crippen molar-refractivity contribution in [2.45, 2.75) is 32.3 Å². The van der Waals surface area contributed by atoms with Crippen LogP contribution in [0.2, 0.25) is 0 Å². The molecule has 1 aliphatic heterocycles.